The third kappa shape index (κ3) is 4.19. The highest BCUT2D eigenvalue weighted by Crippen LogP contribution is 2.23. The fourth-order valence-electron chi connectivity index (χ4n) is 2.25. The van der Waals surface area contributed by atoms with Gasteiger partial charge >= 0.3 is 12.1 Å². The standard InChI is InChI=1S/C15H22N2O4S/c1-10-12(22-9-16-10)8-20-13(18)11-6-5-7-17(11)14(19)21-15(2,3)4/h9,11H,5-8H2,1-4H3. The average Bonchev–Trinajstić information content (AvgIpc) is 3.02. The van der Waals surface area contributed by atoms with Crippen molar-refractivity contribution in [1.29, 1.82) is 0 Å². The van der Waals surface area contributed by atoms with Gasteiger partial charge in [-0.1, -0.05) is 0 Å². The van der Waals surface area contributed by atoms with E-state index in [1.54, 1.807) is 26.3 Å². The lowest BCUT2D eigenvalue weighted by atomic mass is 10.2. The predicted octanol–water partition coefficient (Wildman–Crippen LogP) is 2.89. The molecule has 1 saturated heterocycles. The first kappa shape index (κ1) is 16.7. The largest absolute Gasteiger partial charge is 0.458 e. The van der Waals surface area contributed by atoms with Crippen LogP contribution in [0.25, 0.3) is 0 Å². The van der Waals surface area contributed by atoms with E-state index in [0.717, 1.165) is 17.0 Å². The van der Waals surface area contributed by atoms with Gasteiger partial charge in [0, 0.05) is 6.54 Å². The van der Waals surface area contributed by atoms with Crippen molar-refractivity contribution in [2.24, 2.45) is 0 Å². The summed E-state index contributed by atoms with van der Waals surface area (Å²) in [5, 5.41) is 0. The van der Waals surface area contributed by atoms with Crippen molar-refractivity contribution >= 4 is 23.4 Å². The molecule has 0 spiro atoms. The van der Waals surface area contributed by atoms with Gasteiger partial charge in [-0.2, -0.15) is 0 Å². The Bertz CT molecular complexity index is 550. The Morgan fingerprint density at radius 1 is 1.45 bits per heavy atom. The van der Waals surface area contributed by atoms with E-state index in [-0.39, 0.29) is 12.6 Å². The second kappa shape index (κ2) is 6.64. The first-order valence-corrected chi connectivity index (χ1v) is 8.21. The molecule has 1 amide bonds. The van der Waals surface area contributed by atoms with E-state index in [1.165, 1.54) is 16.2 Å². The minimum atomic E-state index is -0.576. The molecule has 122 valence electrons. The molecule has 0 N–H and O–H groups in total. The number of thiazole rings is 1. The molecule has 2 rings (SSSR count). The molecule has 0 bridgehead atoms. The Morgan fingerprint density at radius 3 is 2.77 bits per heavy atom. The van der Waals surface area contributed by atoms with Gasteiger partial charge < -0.3 is 9.47 Å². The van der Waals surface area contributed by atoms with E-state index >= 15 is 0 Å². The number of rotatable bonds is 3. The predicted molar refractivity (Wildman–Crippen MR) is 82.6 cm³/mol. The summed E-state index contributed by atoms with van der Waals surface area (Å²) in [6.45, 7) is 8.02. The van der Waals surface area contributed by atoms with Gasteiger partial charge in [0.05, 0.1) is 16.1 Å². The van der Waals surface area contributed by atoms with Crippen LogP contribution in [0, 0.1) is 6.92 Å². The number of ether oxygens (including phenoxy) is 2. The molecular formula is C15H22N2O4S. The lowest BCUT2D eigenvalue weighted by Crippen LogP contribution is -2.44. The Balaban J connectivity index is 1.93. The van der Waals surface area contributed by atoms with Crippen molar-refractivity contribution in [1.82, 2.24) is 9.88 Å². The average molecular weight is 326 g/mol. The molecule has 1 unspecified atom stereocenters. The first-order valence-electron chi connectivity index (χ1n) is 7.33. The number of aryl methyl sites for hydroxylation is 1. The highest BCUT2D eigenvalue weighted by Gasteiger charge is 2.37. The van der Waals surface area contributed by atoms with Gasteiger partial charge in [0.15, 0.2) is 0 Å². The minimum absolute atomic E-state index is 0.202. The van der Waals surface area contributed by atoms with Gasteiger partial charge in [0.1, 0.15) is 18.2 Å². The van der Waals surface area contributed by atoms with Crippen LogP contribution in [0.5, 0.6) is 0 Å². The Morgan fingerprint density at radius 2 is 2.18 bits per heavy atom. The highest BCUT2D eigenvalue weighted by atomic mass is 32.1. The third-order valence-corrected chi connectivity index (χ3v) is 4.25. The monoisotopic (exact) mass is 326 g/mol. The molecule has 0 radical (unpaired) electrons. The molecule has 1 atom stereocenters. The van der Waals surface area contributed by atoms with E-state index in [0.29, 0.717) is 13.0 Å². The number of hydrogen-bond acceptors (Lipinski definition) is 6. The van der Waals surface area contributed by atoms with Crippen LogP contribution in [-0.4, -0.2) is 40.1 Å². The summed E-state index contributed by atoms with van der Waals surface area (Å²) in [5.41, 5.74) is 2.02. The Kier molecular flexibility index (Phi) is 5.05. The molecule has 1 aliphatic heterocycles. The van der Waals surface area contributed by atoms with Gasteiger partial charge in [-0.25, -0.2) is 14.6 Å². The second-order valence-corrected chi connectivity index (χ2v) is 7.24. The van der Waals surface area contributed by atoms with Crippen LogP contribution >= 0.6 is 11.3 Å². The lowest BCUT2D eigenvalue weighted by molar-refractivity contribution is -0.150. The highest BCUT2D eigenvalue weighted by molar-refractivity contribution is 7.09. The molecule has 1 fully saturated rings. The Hall–Kier alpha value is -1.63. The number of nitrogens with zero attached hydrogens (tertiary/aromatic N) is 2. The molecule has 7 heteroatoms. The maximum absolute atomic E-state index is 12.2. The van der Waals surface area contributed by atoms with Gasteiger partial charge in [0.2, 0.25) is 0 Å². The quantitative estimate of drug-likeness (QED) is 0.799. The molecule has 0 aromatic carbocycles. The van der Waals surface area contributed by atoms with Gasteiger partial charge in [-0.3, -0.25) is 4.90 Å². The summed E-state index contributed by atoms with van der Waals surface area (Å²) in [6, 6.07) is -0.553. The van der Waals surface area contributed by atoms with E-state index in [9.17, 15) is 9.59 Å². The van der Waals surface area contributed by atoms with Crippen molar-refractivity contribution in [3.8, 4) is 0 Å². The third-order valence-electron chi connectivity index (χ3n) is 3.34. The van der Waals surface area contributed by atoms with E-state index in [2.05, 4.69) is 4.98 Å². The van der Waals surface area contributed by atoms with E-state index in [1.807, 2.05) is 6.92 Å². The molecule has 0 aliphatic carbocycles. The molecule has 6 nitrogen and oxygen atoms in total. The maximum Gasteiger partial charge on any atom is 0.411 e. The van der Waals surface area contributed by atoms with Crippen LogP contribution in [0.2, 0.25) is 0 Å². The zero-order chi connectivity index (χ0) is 16.3. The number of amides is 1. The Labute approximate surface area is 134 Å². The minimum Gasteiger partial charge on any atom is -0.458 e. The molecule has 1 aromatic heterocycles. The lowest BCUT2D eigenvalue weighted by Gasteiger charge is -2.27. The fourth-order valence-corrected chi connectivity index (χ4v) is 2.94. The SMILES string of the molecule is Cc1ncsc1COC(=O)C1CCCN1C(=O)OC(C)(C)C. The molecular weight excluding hydrogens is 304 g/mol. The van der Waals surface area contributed by atoms with Crippen molar-refractivity contribution in [2.75, 3.05) is 6.54 Å². The fraction of sp³-hybridized carbons (Fsp3) is 0.667. The smallest absolute Gasteiger partial charge is 0.411 e. The van der Waals surface area contributed by atoms with Gasteiger partial charge in [-0.05, 0) is 40.5 Å². The van der Waals surface area contributed by atoms with Crippen molar-refractivity contribution in [3.05, 3.63) is 16.1 Å². The van der Waals surface area contributed by atoms with Crippen molar-refractivity contribution in [2.45, 2.75) is 58.8 Å². The molecule has 1 aliphatic rings. The van der Waals surface area contributed by atoms with Gasteiger partial charge in [0.25, 0.3) is 0 Å². The molecule has 22 heavy (non-hydrogen) atoms. The maximum atomic E-state index is 12.2. The summed E-state index contributed by atoms with van der Waals surface area (Å²) in [4.78, 5) is 30.9. The number of likely N-dealkylation sites (tertiary alicyclic amines) is 1. The number of aromatic nitrogens is 1. The normalized spacial score (nSPS) is 18.4. The zero-order valence-electron chi connectivity index (χ0n) is 13.4. The van der Waals surface area contributed by atoms with Crippen LogP contribution < -0.4 is 0 Å². The summed E-state index contributed by atoms with van der Waals surface area (Å²) in [6.07, 6.45) is 0.930. The molecule has 0 saturated carbocycles. The first-order chi connectivity index (χ1) is 10.3. The van der Waals surface area contributed by atoms with Crippen LogP contribution in [-0.2, 0) is 20.9 Å². The van der Waals surface area contributed by atoms with Crippen molar-refractivity contribution in [3.63, 3.8) is 0 Å². The molecule has 2 heterocycles. The topological polar surface area (TPSA) is 68.7 Å². The summed E-state index contributed by atoms with van der Waals surface area (Å²) in [5.74, 6) is -0.379. The van der Waals surface area contributed by atoms with Gasteiger partial charge in [-0.15, -0.1) is 11.3 Å². The summed E-state index contributed by atoms with van der Waals surface area (Å²) >= 11 is 1.46. The van der Waals surface area contributed by atoms with E-state index < -0.39 is 17.7 Å². The second-order valence-electron chi connectivity index (χ2n) is 6.30. The van der Waals surface area contributed by atoms with Crippen LogP contribution in [0.4, 0.5) is 4.79 Å². The van der Waals surface area contributed by atoms with Crippen LogP contribution in [0.15, 0.2) is 5.51 Å². The number of carbonyl (C=O) groups excluding carboxylic acids is 2. The summed E-state index contributed by atoms with van der Waals surface area (Å²) < 4.78 is 10.7. The van der Waals surface area contributed by atoms with Crippen molar-refractivity contribution < 1.29 is 19.1 Å². The number of carbonyl (C=O) groups is 2. The number of hydrogen-bond donors (Lipinski definition) is 0. The zero-order valence-corrected chi connectivity index (χ0v) is 14.2. The number of esters is 1. The van der Waals surface area contributed by atoms with E-state index in [4.69, 9.17) is 9.47 Å². The summed E-state index contributed by atoms with van der Waals surface area (Å²) in [7, 11) is 0. The van der Waals surface area contributed by atoms with Crippen LogP contribution in [0.1, 0.15) is 44.2 Å². The molecule has 1 aromatic rings. The van der Waals surface area contributed by atoms with Crippen LogP contribution in [0.3, 0.4) is 0 Å².